The molecule has 0 aliphatic heterocycles. The Bertz CT molecular complexity index is 951. The van der Waals surface area contributed by atoms with Gasteiger partial charge in [0.25, 0.3) is 5.56 Å². The van der Waals surface area contributed by atoms with Gasteiger partial charge in [-0.05, 0) is 30.5 Å². The Kier molecular flexibility index (Phi) is 6.20. The number of aliphatic hydroxyl groups is 1. The number of benzene rings is 2. The van der Waals surface area contributed by atoms with E-state index in [9.17, 15) is 9.59 Å². The number of H-pyrrole nitrogens is 1. The Morgan fingerprint density at radius 3 is 2.62 bits per heavy atom. The molecule has 0 aliphatic carbocycles. The Morgan fingerprint density at radius 1 is 1.08 bits per heavy atom. The summed E-state index contributed by atoms with van der Waals surface area (Å²) in [5, 5.41) is 9.94. The lowest BCUT2D eigenvalue weighted by atomic mass is 10.0. The first-order valence-corrected chi connectivity index (χ1v) is 9.51. The van der Waals surface area contributed by atoms with Gasteiger partial charge < -0.3 is 10.1 Å². The number of carbonyl (C=O) groups is 1. The molecule has 3 rings (SSSR count). The largest absolute Gasteiger partial charge is 0.396 e. The maximum absolute atomic E-state index is 12.1. The fourth-order valence-electron chi connectivity index (χ4n) is 2.61. The number of nitrogens with one attached hydrogen (secondary N) is 1. The topological polar surface area (TPSA) is 83.0 Å². The molecule has 6 heteroatoms. The van der Waals surface area contributed by atoms with Gasteiger partial charge in [-0.1, -0.05) is 48.2 Å². The van der Waals surface area contributed by atoms with Gasteiger partial charge in [-0.3, -0.25) is 9.59 Å². The van der Waals surface area contributed by atoms with E-state index in [4.69, 9.17) is 5.11 Å². The molecule has 26 heavy (non-hydrogen) atoms. The van der Waals surface area contributed by atoms with Crippen LogP contribution in [-0.4, -0.2) is 27.5 Å². The van der Waals surface area contributed by atoms with Crippen LogP contribution in [0.15, 0.2) is 58.5 Å². The second-order valence-corrected chi connectivity index (χ2v) is 6.94. The summed E-state index contributed by atoms with van der Waals surface area (Å²) < 4.78 is 0. The zero-order valence-electron chi connectivity index (χ0n) is 14.3. The maximum atomic E-state index is 12.1. The van der Waals surface area contributed by atoms with Crippen LogP contribution in [0.2, 0.25) is 0 Å². The number of aromatic nitrogens is 2. The van der Waals surface area contributed by atoms with Crippen LogP contribution in [0.4, 0.5) is 0 Å². The van der Waals surface area contributed by atoms with Crippen LogP contribution in [0, 0.1) is 0 Å². The smallest absolute Gasteiger partial charge is 0.259 e. The lowest BCUT2D eigenvalue weighted by molar-refractivity contribution is 0.0977. The highest BCUT2D eigenvalue weighted by molar-refractivity contribution is 7.98. The first kappa shape index (κ1) is 18.4. The van der Waals surface area contributed by atoms with E-state index >= 15 is 0 Å². The zero-order chi connectivity index (χ0) is 18.4. The summed E-state index contributed by atoms with van der Waals surface area (Å²) in [7, 11) is 0. The molecule has 2 aromatic carbocycles. The molecule has 0 saturated carbocycles. The average Bonchev–Trinajstić information content (AvgIpc) is 2.67. The van der Waals surface area contributed by atoms with Gasteiger partial charge in [-0.15, -0.1) is 0 Å². The Balaban J connectivity index is 1.63. The van der Waals surface area contributed by atoms with Gasteiger partial charge >= 0.3 is 0 Å². The minimum Gasteiger partial charge on any atom is -0.396 e. The van der Waals surface area contributed by atoms with Crippen molar-refractivity contribution in [1.29, 1.82) is 0 Å². The molecule has 0 fully saturated rings. The van der Waals surface area contributed by atoms with Crippen molar-refractivity contribution in [2.75, 3.05) is 6.61 Å². The molecule has 3 aromatic rings. The second kappa shape index (κ2) is 8.78. The number of Topliss-reactive ketones (excluding diaryl/α,β-unsaturated/α-hetero) is 1. The van der Waals surface area contributed by atoms with Crippen LogP contribution < -0.4 is 5.56 Å². The predicted molar refractivity (Wildman–Crippen MR) is 104 cm³/mol. The molecule has 0 radical (unpaired) electrons. The first-order valence-electron chi connectivity index (χ1n) is 8.52. The molecule has 0 atom stereocenters. The number of fused-ring (bicyclic) bond motifs is 1. The number of unbranched alkanes of at least 4 members (excludes halogenated alkanes) is 1. The molecule has 0 amide bonds. The minimum atomic E-state index is -0.137. The molecule has 2 N–H and O–H groups in total. The van der Waals surface area contributed by atoms with Crippen molar-refractivity contribution < 1.29 is 9.90 Å². The summed E-state index contributed by atoms with van der Waals surface area (Å²) in [6, 6.07) is 14.8. The van der Waals surface area contributed by atoms with Crippen molar-refractivity contribution >= 4 is 28.4 Å². The third-order valence-electron chi connectivity index (χ3n) is 4.05. The van der Waals surface area contributed by atoms with Crippen molar-refractivity contribution in [3.8, 4) is 0 Å². The van der Waals surface area contributed by atoms with Crippen LogP contribution in [0.1, 0.15) is 35.2 Å². The van der Waals surface area contributed by atoms with E-state index in [1.54, 1.807) is 6.07 Å². The van der Waals surface area contributed by atoms with Gasteiger partial charge in [-0.2, -0.15) is 0 Å². The molecular formula is C20H20N2O3S. The summed E-state index contributed by atoms with van der Waals surface area (Å²) in [6.45, 7) is 0.119. The molecule has 0 unspecified atom stereocenters. The van der Waals surface area contributed by atoms with E-state index in [-0.39, 0.29) is 17.9 Å². The summed E-state index contributed by atoms with van der Waals surface area (Å²) in [5.74, 6) is 0.749. The lowest BCUT2D eigenvalue weighted by Gasteiger charge is -2.05. The van der Waals surface area contributed by atoms with Gasteiger partial charge in [0.1, 0.15) is 0 Å². The fraction of sp³-hybridized carbons (Fsp3) is 0.250. The highest BCUT2D eigenvalue weighted by atomic mass is 32.2. The molecule has 0 bridgehead atoms. The zero-order valence-corrected chi connectivity index (χ0v) is 15.1. The number of hydrogen-bond acceptors (Lipinski definition) is 5. The molecule has 5 nitrogen and oxygen atoms in total. The van der Waals surface area contributed by atoms with Crippen LogP contribution >= 0.6 is 11.8 Å². The van der Waals surface area contributed by atoms with Gasteiger partial charge in [0.15, 0.2) is 10.9 Å². The van der Waals surface area contributed by atoms with Gasteiger partial charge in [0.05, 0.1) is 10.9 Å². The van der Waals surface area contributed by atoms with Crippen LogP contribution in [-0.2, 0) is 5.75 Å². The molecule has 134 valence electrons. The normalized spacial score (nSPS) is 11.0. The van der Waals surface area contributed by atoms with E-state index in [1.807, 2.05) is 42.5 Å². The molecule has 1 aromatic heterocycles. The second-order valence-electron chi connectivity index (χ2n) is 5.98. The van der Waals surface area contributed by atoms with Crippen LogP contribution in [0.25, 0.3) is 10.9 Å². The van der Waals surface area contributed by atoms with Gasteiger partial charge in [0, 0.05) is 24.3 Å². The number of nitrogens with zero attached hydrogens (tertiary/aromatic N) is 1. The molecule has 1 heterocycles. The standard InChI is InChI=1S/C20H20N2O3S/c23-12-4-3-7-18(24)15-10-8-14(9-11-15)13-26-20-21-17-6-2-1-5-16(17)19(25)22-20/h1-2,5-6,8-11,23H,3-4,7,12-13H2,(H,21,22,25). The lowest BCUT2D eigenvalue weighted by Crippen LogP contribution is -2.08. The highest BCUT2D eigenvalue weighted by Crippen LogP contribution is 2.20. The van der Waals surface area contributed by atoms with E-state index < -0.39 is 0 Å². The summed E-state index contributed by atoms with van der Waals surface area (Å²) in [5.41, 5.74) is 2.29. The number of carbonyl (C=O) groups excluding carboxylic acids is 1. The summed E-state index contributed by atoms with van der Waals surface area (Å²) >= 11 is 1.45. The van der Waals surface area contributed by atoms with Crippen LogP contribution in [0.3, 0.4) is 0 Å². The number of thioether (sulfide) groups is 1. The number of aliphatic hydroxyl groups excluding tert-OH is 1. The number of aromatic amines is 1. The van der Waals surface area contributed by atoms with E-state index in [0.717, 1.165) is 5.56 Å². The molecular weight excluding hydrogens is 348 g/mol. The Morgan fingerprint density at radius 2 is 1.85 bits per heavy atom. The molecule has 0 spiro atoms. The van der Waals surface area contributed by atoms with Crippen molar-refractivity contribution in [2.24, 2.45) is 0 Å². The van der Waals surface area contributed by atoms with Crippen molar-refractivity contribution in [3.63, 3.8) is 0 Å². The van der Waals surface area contributed by atoms with Crippen molar-refractivity contribution in [2.45, 2.75) is 30.2 Å². The number of rotatable bonds is 8. The number of hydrogen-bond donors (Lipinski definition) is 2. The van der Waals surface area contributed by atoms with Crippen molar-refractivity contribution in [1.82, 2.24) is 9.97 Å². The molecule has 0 saturated heterocycles. The fourth-order valence-corrected chi connectivity index (χ4v) is 3.44. The minimum absolute atomic E-state index is 0.0955. The van der Waals surface area contributed by atoms with Crippen LogP contribution in [0.5, 0.6) is 0 Å². The predicted octanol–water partition coefficient (Wildman–Crippen LogP) is 3.56. The Hall–Kier alpha value is -2.44. The summed E-state index contributed by atoms with van der Waals surface area (Å²) in [6.07, 6.45) is 1.81. The highest BCUT2D eigenvalue weighted by Gasteiger charge is 2.07. The Labute approximate surface area is 155 Å². The van der Waals surface area contributed by atoms with E-state index in [0.29, 0.717) is 46.6 Å². The first-order chi connectivity index (χ1) is 12.7. The third-order valence-corrected chi connectivity index (χ3v) is 5.00. The summed E-state index contributed by atoms with van der Waals surface area (Å²) in [4.78, 5) is 31.4. The third kappa shape index (κ3) is 4.59. The van der Waals surface area contributed by atoms with Crippen molar-refractivity contribution in [3.05, 3.63) is 70.0 Å². The SMILES string of the molecule is O=C(CCCCO)c1ccc(CSc2nc3ccccc3c(=O)[nH]2)cc1. The maximum Gasteiger partial charge on any atom is 0.259 e. The van der Waals surface area contributed by atoms with Gasteiger partial charge in [-0.25, -0.2) is 4.98 Å². The number of ketones is 1. The molecule has 0 aliphatic rings. The van der Waals surface area contributed by atoms with Gasteiger partial charge in [0.2, 0.25) is 0 Å². The van der Waals surface area contributed by atoms with E-state index in [1.165, 1.54) is 11.8 Å². The quantitative estimate of drug-likeness (QED) is 0.275. The number of para-hydroxylation sites is 1. The monoisotopic (exact) mass is 368 g/mol. The average molecular weight is 368 g/mol. The van der Waals surface area contributed by atoms with E-state index in [2.05, 4.69) is 9.97 Å².